The Morgan fingerprint density at radius 2 is 2.00 bits per heavy atom. The van der Waals surface area contributed by atoms with Crippen molar-refractivity contribution in [3.05, 3.63) is 17.0 Å². The molecule has 3 rings (SSSR count). The number of hydrogen-bond donors (Lipinski definition) is 0. The minimum absolute atomic E-state index is 0.308. The van der Waals surface area contributed by atoms with Crippen LogP contribution in [0, 0.1) is 0 Å². The quantitative estimate of drug-likeness (QED) is 0.785. The average Bonchev–Trinajstić information content (AvgIpc) is 2.75. The zero-order chi connectivity index (χ0) is 14.1. The van der Waals surface area contributed by atoms with Gasteiger partial charge in [0.25, 0.3) is 0 Å². The van der Waals surface area contributed by atoms with Gasteiger partial charge in [-0.3, -0.25) is 4.90 Å². The first-order chi connectivity index (χ1) is 9.63. The minimum atomic E-state index is 0.308. The Bertz CT molecular complexity index is 477. The topological polar surface area (TPSA) is 32.3 Å². The molecule has 110 valence electrons. The molecule has 1 aromatic rings. The van der Waals surface area contributed by atoms with E-state index in [1.807, 2.05) is 6.07 Å². The molecule has 4 nitrogen and oxygen atoms in total. The first-order valence-electron chi connectivity index (χ1n) is 7.67. The highest BCUT2D eigenvalue weighted by atomic mass is 35.5. The Balaban J connectivity index is 1.84. The zero-order valence-corrected chi connectivity index (χ0v) is 13.1. The van der Waals surface area contributed by atoms with Gasteiger partial charge >= 0.3 is 0 Å². The molecule has 0 amide bonds. The molecule has 0 bridgehead atoms. The highest BCUT2D eigenvalue weighted by Crippen LogP contribution is 2.26. The lowest BCUT2D eigenvalue weighted by molar-refractivity contribution is 0.273. The van der Waals surface area contributed by atoms with Crippen molar-refractivity contribution in [3.63, 3.8) is 0 Å². The molecule has 5 heteroatoms. The van der Waals surface area contributed by atoms with Gasteiger partial charge in [0.1, 0.15) is 16.8 Å². The largest absolute Gasteiger partial charge is 0.355 e. The summed E-state index contributed by atoms with van der Waals surface area (Å²) < 4.78 is 0. The third-order valence-corrected chi connectivity index (χ3v) is 4.54. The van der Waals surface area contributed by atoms with Crippen LogP contribution < -0.4 is 4.90 Å². The van der Waals surface area contributed by atoms with Gasteiger partial charge in [0.15, 0.2) is 0 Å². The van der Waals surface area contributed by atoms with E-state index < -0.39 is 0 Å². The summed E-state index contributed by atoms with van der Waals surface area (Å²) in [5.74, 6) is 2.16. The monoisotopic (exact) mass is 294 g/mol. The Morgan fingerprint density at radius 3 is 2.80 bits per heavy atom. The maximum atomic E-state index is 6.18. The van der Waals surface area contributed by atoms with Crippen molar-refractivity contribution in [3.8, 4) is 0 Å². The fraction of sp³-hybridized carbons (Fsp3) is 0.733. The summed E-state index contributed by atoms with van der Waals surface area (Å²) >= 11 is 6.18. The first kappa shape index (κ1) is 14.1. The van der Waals surface area contributed by atoms with Crippen LogP contribution in [0.3, 0.4) is 0 Å². The van der Waals surface area contributed by atoms with Gasteiger partial charge in [-0.05, 0) is 25.8 Å². The van der Waals surface area contributed by atoms with Crippen LogP contribution in [0.5, 0.6) is 0 Å². The predicted octanol–water partition coefficient (Wildman–Crippen LogP) is 2.93. The second-order valence-electron chi connectivity index (χ2n) is 6.19. The van der Waals surface area contributed by atoms with Crippen molar-refractivity contribution >= 4 is 17.4 Å². The molecule has 0 N–H and O–H groups in total. The summed E-state index contributed by atoms with van der Waals surface area (Å²) in [7, 11) is 0. The van der Waals surface area contributed by atoms with Crippen molar-refractivity contribution in [2.45, 2.75) is 45.1 Å². The fourth-order valence-electron chi connectivity index (χ4n) is 3.26. The molecule has 0 radical (unpaired) electrons. The van der Waals surface area contributed by atoms with E-state index in [2.05, 4.69) is 28.6 Å². The Morgan fingerprint density at radius 1 is 1.20 bits per heavy atom. The molecule has 2 saturated heterocycles. The second kappa shape index (κ2) is 5.86. The van der Waals surface area contributed by atoms with Gasteiger partial charge in [-0.25, -0.2) is 9.97 Å². The van der Waals surface area contributed by atoms with E-state index >= 15 is 0 Å². The van der Waals surface area contributed by atoms with Crippen LogP contribution in [-0.2, 0) is 0 Å². The molecule has 20 heavy (non-hydrogen) atoms. The van der Waals surface area contributed by atoms with E-state index in [1.165, 1.54) is 32.4 Å². The van der Waals surface area contributed by atoms with Crippen LogP contribution in [0.1, 0.15) is 44.9 Å². The van der Waals surface area contributed by atoms with Crippen molar-refractivity contribution in [1.82, 2.24) is 14.9 Å². The summed E-state index contributed by atoms with van der Waals surface area (Å²) in [5.41, 5.74) is 0. The van der Waals surface area contributed by atoms with Crippen molar-refractivity contribution in [2.24, 2.45) is 0 Å². The Kier molecular flexibility index (Phi) is 4.13. The van der Waals surface area contributed by atoms with Gasteiger partial charge in [0.05, 0.1) is 0 Å². The minimum Gasteiger partial charge on any atom is -0.355 e. The molecule has 1 atom stereocenters. The molecule has 0 aromatic carbocycles. The molecule has 0 saturated carbocycles. The normalized spacial score (nSPS) is 24.0. The van der Waals surface area contributed by atoms with Crippen molar-refractivity contribution in [1.29, 1.82) is 0 Å². The van der Waals surface area contributed by atoms with E-state index in [4.69, 9.17) is 16.6 Å². The van der Waals surface area contributed by atoms with Gasteiger partial charge in [0.2, 0.25) is 0 Å². The number of hydrogen-bond acceptors (Lipinski definition) is 4. The first-order valence-corrected chi connectivity index (χ1v) is 8.05. The van der Waals surface area contributed by atoms with E-state index in [9.17, 15) is 0 Å². The Labute approximate surface area is 126 Å². The molecule has 0 spiro atoms. The number of anilines is 1. The molecule has 1 aromatic heterocycles. The zero-order valence-electron chi connectivity index (χ0n) is 12.3. The van der Waals surface area contributed by atoms with Gasteiger partial charge in [-0.15, -0.1) is 0 Å². The molecular formula is C15H23ClN4. The third kappa shape index (κ3) is 2.91. The summed E-state index contributed by atoms with van der Waals surface area (Å²) in [5, 5.41) is 0.561. The van der Waals surface area contributed by atoms with Crippen LogP contribution in [0.2, 0.25) is 5.15 Å². The highest BCUT2D eigenvalue weighted by Gasteiger charge is 2.29. The maximum Gasteiger partial charge on any atom is 0.135 e. The fourth-order valence-corrected chi connectivity index (χ4v) is 3.44. The SMILES string of the molecule is CC(C)c1nc(Cl)cc(N2CCCN3CCCC3C2)n1. The summed E-state index contributed by atoms with van der Waals surface area (Å²) in [6.07, 6.45) is 3.85. The van der Waals surface area contributed by atoms with Crippen LogP contribution in [0.4, 0.5) is 5.82 Å². The van der Waals surface area contributed by atoms with Gasteiger partial charge in [-0.1, -0.05) is 25.4 Å². The molecular weight excluding hydrogens is 272 g/mol. The van der Waals surface area contributed by atoms with Gasteiger partial charge < -0.3 is 4.90 Å². The standard InChI is InChI=1S/C15H23ClN4/c1-11(2)15-17-13(16)9-14(18-15)20-8-4-7-19-6-3-5-12(19)10-20/h9,11-12H,3-8,10H2,1-2H3. The van der Waals surface area contributed by atoms with Crippen LogP contribution >= 0.6 is 11.6 Å². The molecule has 2 aliphatic rings. The number of aromatic nitrogens is 2. The van der Waals surface area contributed by atoms with Crippen molar-refractivity contribution < 1.29 is 0 Å². The summed E-state index contributed by atoms with van der Waals surface area (Å²) in [6, 6.07) is 2.60. The number of fused-ring (bicyclic) bond motifs is 1. The van der Waals surface area contributed by atoms with Crippen LogP contribution in [0.25, 0.3) is 0 Å². The summed E-state index contributed by atoms with van der Waals surface area (Å²) in [6.45, 7) is 8.84. The highest BCUT2D eigenvalue weighted by molar-refractivity contribution is 6.29. The lowest BCUT2D eigenvalue weighted by Crippen LogP contribution is -2.37. The molecule has 1 unspecified atom stereocenters. The smallest absolute Gasteiger partial charge is 0.135 e. The van der Waals surface area contributed by atoms with E-state index in [0.29, 0.717) is 17.1 Å². The molecule has 2 fully saturated rings. The second-order valence-corrected chi connectivity index (χ2v) is 6.58. The van der Waals surface area contributed by atoms with E-state index in [0.717, 1.165) is 24.7 Å². The molecule has 3 heterocycles. The Hall–Kier alpha value is -0.870. The van der Waals surface area contributed by atoms with Gasteiger partial charge in [0, 0.05) is 37.7 Å². The molecule has 0 aliphatic carbocycles. The maximum absolute atomic E-state index is 6.18. The number of nitrogens with zero attached hydrogens (tertiary/aromatic N) is 4. The lowest BCUT2D eigenvalue weighted by atomic mass is 10.2. The lowest BCUT2D eigenvalue weighted by Gasteiger charge is -2.27. The third-order valence-electron chi connectivity index (χ3n) is 4.34. The number of halogens is 1. The van der Waals surface area contributed by atoms with Crippen LogP contribution in [0.15, 0.2) is 6.07 Å². The average molecular weight is 295 g/mol. The van der Waals surface area contributed by atoms with E-state index in [-0.39, 0.29) is 0 Å². The van der Waals surface area contributed by atoms with E-state index in [1.54, 1.807) is 0 Å². The predicted molar refractivity (Wildman–Crippen MR) is 82.6 cm³/mol. The molecule has 2 aliphatic heterocycles. The summed E-state index contributed by atoms with van der Waals surface area (Å²) in [4.78, 5) is 14.1. The van der Waals surface area contributed by atoms with Gasteiger partial charge in [-0.2, -0.15) is 0 Å². The number of rotatable bonds is 2. The van der Waals surface area contributed by atoms with Crippen LogP contribution in [-0.4, -0.2) is 47.1 Å². The van der Waals surface area contributed by atoms with Crippen molar-refractivity contribution in [2.75, 3.05) is 31.1 Å².